The average molecular weight is 448 g/mol. The Morgan fingerprint density at radius 2 is 1.56 bits per heavy atom. The second kappa shape index (κ2) is 7.99. The van der Waals surface area contributed by atoms with E-state index >= 15 is 0 Å². The lowest BCUT2D eigenvalue weighted by molar-refractivity contribution is 0.0718. The summed E-state index contributed by atoms with van der Waals surface area (Å²) in [6, 6.07) is 15.3. The van der Waals surface area contributed by atoms with Crippen molar-refractivity contribution in [3.05, 3.63) is 68.8 Å². The number of halogens is 1. The molecule has 1 aliphatic rings. The van der Waals surface area contributed by atoms with Gasteiger partial charge < -0.3 is 9.80 Å². The van der Waals surface area contributed by atoms with Crippen LogP contribution >= 0.6 is 22.6 Å². The first-order valence-corrected chi connectivity index (χ1v) is 9.54. The van der Waals surface area contributed by atoms with Gasteiger partial charge in [-0.05, 0) is 60.2 Å². The van der Waals surface area contributed by atoms with E-state index in [1.54, 1.807) is 0 Å². The molecule has 130 valence electrons. The number of aryl methyl sites for hydroxylation is 1. The third-order valence-corrected chi connectivity index (χ3v) is 5.38. The van der Waals surface area contributed by atoms with Crippen LogP contribution < -0.4 is 0 Å². The van der Waals surface area contributed by atoms with Gasteiger partial charge in [0.1, 0.15) is 0 Å². The molecule has 2 aromatic rings. The Labute approximate surface area is 162 Å². The lowest BCUT2D eigenvalue weighted by Crippen LogP contribution is -2.37. The van der Waals surface area contributed by atoms with Gasteiger partial charge in [0.15, 0.2) is 0 Å². The average Bonchev–Trinajstić information content (AvgIpc) is 2.87. The predicted octanol–water partition coefficient (Wildman–Crippen LogP) is 3.59. The topological polar surface area (TPSA) is 40.6 Å². The number of hydrogen-bond acceptors (Lipinski definition) is 2. The Morgan fingerprint density at radius 3 is 2.24 bits per heavy atom. The highest BCUT2D eigenvalue weighted by atomic mass is 127. The number of carbonyl (C=O) groups is 2. The molecule has 4 nitrogen and oxygen atoms in total. The number of nitrogens with zero attached hydrogens (tertiary/aromatic N) is 2. The summed E-state index contributed by atoms with van der Waals surface area (Å²) >= 11 is 2.19. The summed E-state index contributed by atoms with van der Waals surface area (Å²) in [4.78, 5) is 29.2. The van der Waals surface area contributed by atoms with E-state index in [1.165, 1.54) is 0 Å². The summed E-state index contributed by atoms with van der Waals surface area (Å²) in [7, 11) is 0. The molecule has 0 radical (unpaired) electrons. The summed E-state index contributed by atoms with van der Waals surface area (Å²) in [5.41, 5.74) is 2.54. The second-order valence-electron chi connectivity index (χ2n) is 6.29. The Bertz CT molecular complexity index is 791. The molecule has 0 aromatic heterocycles. The standard InChI is InChI=1S/C20H21IN2O2/c1-15-6-4-7-16(14-15)19(24)22-10-5-11-23(13-12-22)20(25)17-8-2-3-9-18(17)21/h2-4,6-9,14H,5,10-13H2,1H3. The van der Waals surface area contributed by atoms with Crippen LogP contribution in [0, 0.1) is 10.5 Å². The smallest absolute Gasteiger partial charge is 0.254 e. The van der Waals surface area contributed by atoms with Gasteiger partial charge in [-0.15, -0.1) is 0 Å². The molecule has 2 aromatic carbocycles. The molecule has 1 saturated heterocycles. The summed E-state index contributed by atoms with van der Waals surface area (Å²) in [6.07, 6.45) is 0.798. The van der Waals surface area contributed by atoms with Crippen molar-refractivity contribution in [3.63, 3.8) is 0 Å². The minimum Gasteiger partial charge on any atom is -0.337 e. The SMILES string of the molecule is Cc1cccc(C(=O)N2CCCN(C(=O)c3ccccc3I)CC2)c1. The molecule has 1 aliphatic heterocycles. The fourth-order valence-electron chi connectivity index (χ4n) is 3.09. The van der Waals surface area contributed by atoms with Gasteiger partial charge in [0, 0.05) is 35.3 Å². The summed E-state index contributed by atoms with van der Waals surface area (Å²) in [5, 5.41) is 0. The molecule has 0 aliphatic carbocycles. The number of amides is 2. The number of carbonyl (C=O) groups excluding carboxylic acids is 2. The van der Waals surface area contributed by atoms with Gasteiger partial charge in [0.2, 0.25) is 0 Å². The van der Waals surface area contributed by atoms with Crippen LogP contribution in [0.15, 0.2) is 48.5 Å². The summed E-state index contributed by atoms with van der Waals surface area (Å²) in [5.74, 6) is 0.0992. The molecule has 1 heterocycles. The minimum absolute atomic E-state index is 0.0484. The quantitative estimate of drug-likeness (QED) is 0.660. The van der Waals surface area contributed by atoms with Crippen LogP contribution in [0.5, 0.6) is 0 Å². The van der Waals surface area contributed by atoms with E-state index in [2.05, 4.69) is 22.6 Å². The van der Waals surface area contributed by atoms with Crippen molar-refractivity contribution < 1.29 is 9.59 Å². The van der Waals surface area contributed by atoms with Crippen LogP contribution in [0.1, 0.15) is 32.7 Å². The minimum atomic E-state index is 0.0484. The number of benzene rings is 2. The first-order chi connectivity index (χ1) is 12.1. The lowest BCUT2D eigenvalue weighted by Gasteiger charge is -2.23. The van der Waals surface area contributed by atoms with E-state index in [0.717, 1.165) is 26.7 Å². The summed E-state index contributed by atoms with van der Waals surface area (Å²) < 4.78 is 0.960. The number of hydrogen-bond donors (Lipinski definition) is 0. The molecular formula is C20H21IN2O2. The highest BCUT2D eigenvalue weighted by Crippen LogP contribution is 2.16. The van der Waals surface area contributed by atoms with E-state index in [1.807, 2.05) is 65.3 Å². The van der Waals surface area contributed by atoms with Crippen LogP contribution in [0.4, 0.5) is 0 Å². The summed E-state index contributed by atoms with van der Waals surface area (Å²) in [6.45, 7) is 4.49. The largest absolute Gasteiger partial charge is 0.337 e. The van der Waals surface area contributed by atoms with Gasteiger partial charge in [0.25, 0.3) is 11.8 Å². The first kappa shape index (κ1) is 17.9. The molecule has 3 rings (SSSR count). The van der Waals surface area contributed by atoms with Crippen LogP contribution in [-0.2, 0) is 0 Å². The van der Waals surface area contributed by atoms with Gasteiger partial charge in [-0.3, -0.25) is 9.59 Å². The molecule has 1 fully saturated rings. The highest BCUT2D eigenvalue weighted by Gasteiger charge is 2.24. The van der Waals surface area contributed by atoms with Crippen molar-refractivity contribution in [2.45, 2.75) is 13.3 Å². The zero-order valence-corrected chi connectivity index (χ0v) is 16.4. The normalized spacial score (nSPS) is 15.0. The van der Waals surface area contributed by atoms with Crippen LogP contribution in [-0.4, -0.2) is 47.8 Å². The highest BCUT2D eigenvalue weighted by molar-refractivity contribution is 14.1. The van der Waals surface area contributed by atoms with E-state index < -0.39 is 0 Å². The molecule has 0 bridgehead atoms. The molecule has 25 heavy (non-hydrogen) atoms. The van der Waals surface area contributed by atoms with Crippen molar-refractivity contribution >= 4 is 34.4 Å². The maximum absolute atomic E-state index is 12.8. The second-order valence-corrected chi connectivity index (χ2v) is 7.45. The Morgan fingerprint density at radius 1 is 0.880 bits per heavy atom. The zero-order chi connectivity index (χ0) is 17.8. The van der Waals surface area contributed by atoms with Crippen molar-refractivity contribution in [2.75, 3.05) is 26.2 Å². The van der Waals surface area contributed by atoms with Crippen LogP contribution in [0.25, 0.3) is 0 Å². The third-order valence-electron chi connectivity index (χ3n) is 4.44. The van der Waals surface area contributed by atoms with Crippen molar-refractivity contribution in [1.29, 1.82) is 0 Å². The monoisotopic (exact) mass is 448 g/mol. The fourth-order valence-corrected chi connectivity index (χ4v) is 3.71. The van der Waals surface area contributed by atoms with Gasteiger partial charge in [-0.2, -0.15) is 0 Å². The Balaban J connectivity index is 1.69. The maximum Gasteiger partial charge on any atom is 0.254 e. The Kier molecular flexibility index (Phi) is 5.73. The van der Waals surface area contributed by atoms with Crippen LogP contribution in [0.3, 0.4) is 0 Å². The molecule has 0 spiro atoms. The van der Waals surface area contributed by atoms with Gasteiger partial charge in [-0.1, -0.05) is 29.8 Å². The lowest BCUT2D eigenvalue weighted by atomic mass is 10.1. The Hall–Kier alpha value is -1.89. The molecular weight excluding hydrogens is 427 g/mol. The third kappa shape index (κ3) is 4.21. The first-order valence-electron chi connectivity index (χ1n) is 8.46. The molecule has 2 amide bonds. The predicted molar refractivity (Wildman–Crippen MR) is 107 cm³/mol. The maximum atomic E-state index is 12.8. The molecule has 0 N–H and O–H groups in total. The zero-order valence-electron chi connectivity index (χ0n) is 14.2. The number of rotatable bonds is 2. The van der Waals surface area contributed by atoms with E-state index in [4.69, 9.17) is 0 Å². The van der Waals surface area contributed by atoms with Gasteiger partial charge >= 0.3 is 0 Å². The molecule has 5 heteroatoms. The van der Waals surface area contributed by atoms with Crippen molar-refractivity contribution in [3.8, 4) is 0 Å². The van der Waals surface area contributed by atoms with Crippen molar-refractivity contribution in [1.82, 2.24) is 9.80 Å². The fraction of sp³-hybridized carbons (Fsp3) is 0.300. The molecule has 0 unspecified atom stereocenters. The van der Waals surface area contributed by atoms with E-state index in [0.29, 0.717) is 26.2 Å². The van der Waals surface area contributed by atoms with E-state index in [9.17, 15) is 9.59 Å². The van der Waals surface area contributed by atoms with Crippen LogP contribution in [0.2, 0.25) is 0 Å². The van der Waals surface area contributed by atoms with Gasteiger partial charge in [0.05, 0.1) is 5.56 Å². The molecule has 0 saturated carbocycles. The van der Waals surface area contributed by atoms with Gasteiger partial charge in [-0.25, -0.2) is 0 Å². The molecule has 0 atom stereocenters. The van der Waals surface area contributed by atoms with E-state index in [-0.39, 0.29) is 11.8 Å². The van der Waals surface area contributed by atoms with Crippen molar-refractivity contribution in [2.24, 2.45) is 0 Å².